The molecular weight excluding hydrogens is 356 g/mol. The van der Waals surface area contributed by atoms with E-state index in [0.717, 1.165) is 10.8 Å². The molecule has 3 aromatic carbocycles. The van der Waals surface area contributed by atoms with Crippen molar-refractivity contribution < 1.29 is 19.1 Å². The maximum atomic E-state index is 12.2. The van der Waals surface area contributed by atoms with Gasteiger partial charge in [0.05, 0.1) is 6.10 Å². The van der Waals surface area contributed by atoms with Crippen LogP contribution in [0.25, 0.3) is 10.8 Å². The quantitative estimate of drug-likeness (QED) is 0.644. The van der Waals surface area contributed by atoms with Gasteiger partial charge in [-0.15, -0.1) is 0 Å². The molecule has 0 radical (unpaired) electrons. The van der Waals surface area contributed by atoms with Crippen molar-refractivity contribution in [3.05, 3.63) is 72.3 Å². The fourth-order valence-corrected chi connectivity index (χ4v) is 2.68. The minimum absolute atomic E-state index is 0.00392. The smallest absolute Gasteiger partial charge is 0.276 e. The molecule has 6 heteroatoms. The predicted molar refractivity (Wildman–Crippen MR) is 107 cm³/mol. The summed E-state index contributed by atoms with van der Waals surface area (Å²) >= 11 is 0. The van der Waals surface area contributed by atoms with Gasteiger partial charge in [-0.2, -0.15) is 0 Å². The molecule has 0 aliphatic heterocycles. The molecule has 3 rings (SSSR count). The van der Waals surface area contributed by atoms with Gasteiger partial charge in [-0.05, 0) is 43.5 Å². The van der Waals surface area contributed by atoms with E-state index >= 15 is 0 Å². The number of carbonyl (C=O) groups is 2. The first-order valence-electron chi connectivity index (χ1n) is 8.99. The molecule has 28 heavy (non-hydrogen) atoms. The highest BCUT2D eigenvalue weighted by Gasteiger charge is 2.10. The zero-order valence-electron chi connectivity index (χ0n) is 15.8. The second-order valence-electron chi connectivity index (χ2n) is 6.46. The molecule has 2 amide bonds. The summed E-state index contributed by atoms with van der Waals surface area (Å²) in [6, 6.07) is 20.1. The SMILES string of the molecule is CC(C)Oc1cccc(C(=O)NNC(=O)COc2cccc3ccccc23)c1. The summed E-state index contributed by atoms with van der Waals surface area (Å²) in [5, 5.41) is 1.95. The zero-order chi connectivity index (χ0) is 19.9. The first-order chi connectivity index (χ1) is 13.5. The van der Waals surface area contributed by atoms with Crippen molar-refractivity contribution in [2.75, 3.05) is 6.61 Å². The van der Waals surface area contributed by atoms with E-state index in [1.165, 1.54) is 0 Å². The first-order valence-corrected chi connectivity index (χ1v) is 8.99. The second kappa shape index (κ2) is 8.90. The lowest BCUT2D eigenvalue weighted by atomic mass is 10.1. The largest absolute Gasteiger partial charge is 0.491 e. The Morgan fingerprint density at radius 3 is 2.50 bits per heavy atom. The van der Waals surface area contributed by atoms with Crippen LogP contribution in [0.2, 0.25) is 0 Å². The lowest BCUT2D eigenvalue weighted by molar-refractivity contribution is -0.123. The summed E-state index contributed by atoms with van der Waals surface area (Å²) < 4.78 is 11.2. The van der Waals surface area contributed by atoms with Crippen LogP contribution in [0.4, 0.5) is 0 Å². The average molecular weight is 378 g/mol. The number of hydrogen-bond acceptors (Lipinski definition) is 4. The van der Waals surface area contributed by atoms with Crippen LogP contribution in [0.1, 0.15) is 24.2 Å². The van der Waals surface area contributed by atoms with Crippen molar-refractivity contribution >= 4 is 22.6 Å². The van der Waals surface area contributed by atoms with Crippen LogP contribution in [-0.4, -0.2) is 24.5 Å². The van der Waals surface area contributed by atoms with E-state index in [9.17, 15) is 9.59 Å². The Bertz CT molecular complexity index is 980. The number of fused-ring (bicyclic) bond motifs is 1. The first kappa shape index (κ1) is 19.2. The van der Waals surface area contributed by atoms with Crippen LogP contribution < -0.4 is 20.3 Å². The van der Waals surface area contributed by atoms with Crippen LogP contribution in [-0.2, 0) is 4.79 Å². The van der Waals surface area contributed by atoms with Crippen molar-refractivity contribution in [3.8, 4) is 11.5 Å². The summed E-state index contributed by atoms with van der Waals surface area (Å²) in [5.41, 5.74) is 5.12. The van der Waals surface area contributed by atoms with E-state index in [0.29, 0.717) is 17.1 Å². The van der Waals surface area contributed by atoms with Gasteiger partial charge in [0.25, 0.3) is 11.8 Å². The molecular formula is C22H22N2O4. The van der Waals surface area contributed by atoms with Crippen LogP contribution in [0.5, 0.6) is 11.5 Å². The summed E-state index contributed by atoms with van der Waals surface area (Å²) in [7, 11) is 0. The second-order valence-corrected chi connectivity index (χ2v) is 6.46. The maximum Gasteiger partial charge on any atom is 0.276 e. The Kier molecular flexibility index (Phi) is 6.11. The van der Waals surface area contributed by atoms with Crippen LogP contribution in [0, 0.1) is 0 Å². The number of ether oxygens (including phenoxy) is 2. The molecule has 6 nitrogen and oxygen atoms in total. The third kappa shape index (κ3) is 5.01. The molecule has 0 fully saturated rings. The van der Waals surface area contributed by atoms with Gasteiger partial charge in [0.15, 0.2) is 6.61 Å². The van der Waals surface area contributed by atoms with Crippen molar-refractivity contribution in [2.24, 2.45) is 0 Å². The number of hydrogen-bond donors (Lipinski definition) is 2. The topological polar surface area (TPSA) is 76.7 Å². The number of rotatable bonds is 6. The molecule has 0 unspecified atom stereocenters. The summed E-state index contributed by atoms with van der Waals surface area (Å²) in [4.78, 5) is 24.2. The molecule has 0 saturated carbocycles. The Balaban J connectivity index is 1.53. The zero-order valence-corrected chi connectivity index (χ0v) is 15.8. The standard InChI is InChI=1S/C22H22N2O4/c1-15(2)28-18-10-5-9-17(13-18)22(26)24-23-21(25)14-27-20-12-6-8-16-7-3-4-11-19(16)20/h3-13,15H,14H2,1-2H3,(H,23,25)(H,24,26). The van der Waals surface area contributed by atoms with Gasteiger partial charge in [0.2, 0.25) is 0 Å². The third-order valence-electron chi connectivity index (χ3n) is 3.89. The number of benzene rings is 3. The Labute approximate surface area is 163 Å². The fraction of sp³-hybridized carbons (Fsp3) is 0.182. The van der Waals surface area contributed by atoms with Gasteiger partial charge in [0, 0.05) is 10.9 Å². The average Bonchev–Trinajstić information content (AvgIpc) is 2.70. The monoisotopic (exact) mass is 378 g/mol. The summed E-state index contributed by atoms with van der Waals surface area (Å²) in [6.07, 6.45) is 0.00392. The molecule has 0 heterocycles. The highest BCUT2D eigenvalue weighted by molar-refractivity contribution is 5.96. The number of carbonyl (C=O) groups excluding carboxylic acids is 2. The molecule has 0 saturated heterocycles. The van der Waals surface area contributed by atoms with Crippen molar-refractivity contribution in [2.45, 2.75) is 20.0 Å². The Morgan fingerprint density at radius 2 is 1.68 bits per heavy atom. The van der Waals surface area contributed by atoms with E-state index in [1.807, 2.05) is 50.2 Å². The highest BCUT2D eigenvalue weighted by Crippen LogP contribution is 2.24. The van der Waals surface area contributed by atoms with Crippen LogP contribution in [0.15, 0.2) is 66.7 Å². The van der Waals surface area contributed by atoms with Crippen molar-refractivity contribution in [1.82, 2.24) is 10.9 Å². The molecule has 0 aromatic heterocycles. The number of nitrogens with one attached hydrogen (secondary N) is 2. The highest BCUT2D eigenvalue weighted by atomic mass is 16.5. The van der Waals surface area contributed by atoms with E-state index in [1.54, 1.807) is 30.3 Å². The molecule has 0 bridgehead atoms. The molecule has 0 aliphatic carbocycles. The Hall–Kier alpha value is -3.54. The van der Waals surface area contributed by atoms with Gasteiger partial charge in [-0.25, -0.2) is 0 Å². The number of hydrazine groups is 1. The van der Waals surface area contributed by atoms with E-state index < -0.39 is 11.8 Å². The van der Waals surface area contributed by atoms with E-state index in [2.05, 4.69) is 10.9 Å². The van der Waals surface area contributed by atoms with E-state index in [4.69, 9.17) is 9.47 Å². The Morgan fingerprint density at radius 1 is 0.929 bits per heavy atom. The minimum atomic E-state index is -0.462. The minimum Gasteiger partial charge on any atom is -0.491 e. The van der Waals surface area contributed by atoms with Crippen molar-refractivity contribution in [1.29, 1.82) is 0 Å². The predicted octanol–water partition coefficient (Wildman–Crippen LogP) is 3.47. The van der Waals surface area contributed by atoms with Gasteiger partial charge < -0.3 is 9.47 Å². The molecule has 0 aliphatic rings. The third-order valence-corrected chi connectivity index (χ3v) is 3.89. The molecule has 0 atom stereocenters. The molecule has 0 spiro atoms. The fourth-order valence-electron chi connectivity index (χ4n) is 2.68. The normalized spacial score (nSPS) is 10.5. The van der Waals surface area contributed by atoms with Gasteiger partial charge in [-0.3, -0.25) is 20.4 Å². The lowest BCUT2D eigenvalue weighted by Gasteiger charge is -2.12. The number of amides is 2. The lowest BCUT2D eigenvalue weighted by Crippen LogP contribution is -2.43. The van der Waals surface area contributed by atoms with Crippen LogP contribution >= 0.6 is 0 Å². The molecule has 3 aromatic rings. The molecule has 2 N–H and O–H groups in total. The van der Waals surface area contributed by atoms with Gasteiger partial charge >= 0.3 is 0 Å². The van der Waals surface area contributed by atoms with E-state index in [-0.39, 0.29) is 12.7 Å². The van der Waals surface area contributed by atoms with Crippen molar-refractivity contribution in [3.63, 3.8) is 0 Å². The van der Waals surface area contributed by atoms with Crippen LogP contribution in [0.3, 0.4) is 0 Å². The summed E-state index contributed by atoms with van der Waals surface area (Å²) in [5.74, 6) is 0.301. The summed E-state index contributed by atoms with van der Waals surface area (Å²) in [6.45, 7) is 3.59. The maximum absolute atomic E-state index is 12.2. The van der Waals surface area contributed by atoms with Gasteiger partial charge in [0.1, 0.15) is 11.5 Å². The molecule has 144 valence electrons. The van der Waals surface area contributed by atoms with Gasteiger partial charge in [-0.1, -0.05) is 42.5 Å².